The highest BCUT2D eigenvalue weighted by molar-refractivity contribution is 6.04. The van der Waals surface area contributed by atoms with Crippen molar-refractivity contribution in [2.24, 2.45) is 17.0 Å². The first-order chi connectivity index (χ1) is 32.9. The Morgan fingerprint density at radius 1 is 0.797 bits per heavy atom. The van der Waals surface area contributed by atoms with Gasteiger partial charge in [-0.15, -0.1) is 12.8 Å². The van der Waals surface area contributed by atoms with Crippen molar-refractivity contribution in [1.29, 1.82) is 0 Å². The lowest BCUT2D eigenvalue weighted by Gasteiger charge is -2.42. The van der Waals surface area contributed by atoms with Gasteiger partial charge in [0, 0.05) is 23.0 Å². The van der Waals surface area contributed by atoms with Crippen LogP contribution >= 0.6 is 0 Å². The quantitative estimate of drug-likeness (QED) is 0.0288. The number of benzene rings is 2. The predicted octanol–water partition coefficient (Wildman–Crippen LogP) is 6.25. The second-order valence-corrected chi connectivity index (χ2v) is 16.5. The third-order valence-corrected chi connectivity index (χ3v) is 12.0. The van der Waals surface area contributed by atoms with Crippen LogP contribution in [0.25, 0.3) is 27.5 Å². The SMILES string of the molecule is C#CCO/N=C(/C)c1c(O)c2ccc(OC3O[C@@H](CC)[C@H](C)[C@@H](OC(=O)NOCC#C)[C@H]3O)c(C)c2oc1=O.C=C(C)c1c(O)c2ccc(OC3O[C@@H](CC)[C@H](C)[C@H]4OC(=O)O[C@@H]34)c(C)c2oc1=O. The summed E-state index contributed by atoms with van der Waals surface area (Å²) in [5.41, 5.74) is 1.98. The van der Waals surface area contributed by atoms with Crippen LogP contribution in [-0.4, -0.2) is 95.7 Å². The number of amides is 1. The Balaban J connectivity index is 0.000000234. The molecule has 3 aliphatic rings. The number of aromatic hydroxyl groups is 2. The maximum absolute atomic E-state index is 12.7. The van der Waals surface area contributed by atoms with Crippen molar-refractivity contribution < 1.29 is 76.6 Å². The summed E-state index contributed by atoms with van der Waals surface area (Å²) in [5, 5.41) is 36.7. The first kappa shape index (κ1) is 51.2. The highest BCUT2D eigenvalue weighted by Gasteiger charge is 2.53. The molecular weight excluding hydrogens is 905 g/mol. The maximum Gasteiger partial charge on any atom is 0.509 e. The molecule has 3 saturated heterocycles. The fourth-order valence-electron chi connectivity index (χ4n) is 8.38. The van der Waals surface area contributed by atoms with E-state index in [0.717, 1.165) is 0 Å². The van der Waals surface area contributed by atoms with Crippen LogP contribution in [0, 0.1) is 50.4 Å². The molecule has 69 heavy (non-hydrogen) atoms. The molecule has 3 fully saturated rings. The molecule has 1 amide bonds. The summed E-state index contributed by atoms with van der Waals surface area (Å²) in [5.74, 6) is 4.05. The van der Waals surface area contributed by atoms with E-state index in [1.165, 1.54) is 19.1 Å². The molecule has 4 N–H and O–H groups in total. The van der Waals surface area contributed by atoms with Crippen LogP contribution in [-0.2, 0) is 33.4 Å². The van der Waals surface area contributed by atoms with Crippen molar-refractivity contribution >= 4 is 45.5 Å². The van der Waals surface area contributed by atoms with Crippen molar-refractivity contribution in [3.63, 3.8) is 0 Å². The molecule has 368 valence electrons. The minimum absolute atomic E-state index is 0.0421. The zero-order valence-corrected chi connectivity index (χ0v) is 39.2. The van der Waals surface area contributed by atoms with Gasteiger partial charge in [0.1, 0.15) is 58.0 Å². The lowest BCUT2D eigenvalue weighted by atomic mass is 9.89. The molecule has 7 rings (SSSR count). The summed E-state index contributed by atoms with van der Waals surface area (Å²) >= 11 is 0. The second kappa shape index (κ2) is 21.8. The number of fused-ring (bicyclic) bond motifs is 3. The van der Waals surface area contributed by atoms with Gasteiger partial charge in [-0.2, -0.15) is 5.48 Å². The van der Waals surface area contributed by atoms with E-state index in [4.69, 9.17) is 64.5 Å². The molecule has 4 aromatic rings. The van der Waals surface area contributed by atoms with E-state index >= 15 is 0 Å². The summed E-state index contributed by atoms with van der Waals surface area (Å²) in [6, 6.07) is 6.25. The number of rotatable bonds is 13. The van der Waals surface area contributed by atoms with Gasteiger partial charge in [-0.3, -0.25) is 4.84 Å². The average Bonchev–Trinajstić information content (AvgIpc) is 3.71. The number of hydrogen-bond donors (Lipinski definition) is 4. The second-order valence-electron chi connectivity index (χ2n) is 16.5. The fraction of sp³-hybridized carbons (Fsp3) is 0.449. The van der Waals surface area contributed by atoms with Gasteiger partial charge in [-0.1, -0.05) is 51.3 Å². The molecule has 3 aliphatic heterocycles. The minimum Gasteiger partial charge on any atom is -0.506 e. The number of allylic oxidation sites excluding steroid dienone is 1. The third-order valence-electron chi connectivity index (χ3n) is 12.0. The summed E-state index contributed by atoms with van der Waals surface area (Å²) in [4.78, 5) is 58.6. The standard InChI is InChI=1S/C27H30N2O10.C22H24O8/c1-7-12-34-28-16(6)20-21(30)17-10-11-19(15(5)23(17)38-25(20)32)37-26-22(31)24(14(4)18(9-3)36-26)39-27(33)29-35-13-8-2;1-6-13-10(4)18-19(30-22(25)29-18)21(26-13)27-14-8-7-12-16(23)15(9(2)3)20(24)28-17(12)11(14)5/h1-2,10-11,14,18,22,24,26,30-31H,9,12-13H2,3-6H3,(H,29,33);7-8,10,13,18-19,21,23H,2,6H2,1,3-5H3/b28-16-;/t14-,18-,22+,24+,26?;10-,13-,18+,19+,21?/m00/s1. The monoisotopic (exact) mass is 958 g/mol. The van der Waals surface area contributed by atoms with Crippen LogP contribution in [0.2, 0.25) is 0 Å². The number of aliphatic hydroxyl groups is 1. The number of hydroxylamine groups is 1. The smallest absolute Gasteiger partial charge is 0.506 e. The number of ether oxygens (including phenoxy) is 7. The molecular formula is C49H54N2O18. The number of aryl methyl sites for hydroxylation is 2. The average molecular weight is 959 g/mol. The molecule has 0 bridgehead atoms. The zero-order chi connectivity index (χ0) is 50.4. The highest BCUT2D eigenvalue weighted by atomic mass is 16.8. The molecule has 20 heteroatoms. The minimum atomic E-state index is -1.39. The van der Waals surface area contributed by atoms with E-state index in [1.807, 2.05) is 26.3 Å². The Morgan fingerprint density at radius 2 is 1.32 bits per heavy atom. The Morgan fingerprint density at radius 3 is 1.88 bits per heavy atom. The van der Waals surface area contributed by atoms with E-state index in [9.17, 15) is 34.5 Å². The highest BCUT2D eigenvalue weighted by Crippen LogP contribution is 2.40. The molecule has 0 radical (unpaired) electrons. The molecule has 0 spiro atoms. The maximum atomic E-state index is 12.7. The molecule has 10 atom stereocenters. The first-order valence-corrected chi connectivity index (χ1v) is 21.9. The molecule has 2 aromatic carbocycles. The van der Waals surface area contributed by atoms with Gasteiger partial charge in [0.2, 0.25) is 18.7 Å². The van der Waals surface area contributed by atoms with Gasteiger partial charge in [0.25, 0.3) is 0 Å². The molecule has 0 aliphatic carbocycles. The van der Waals surface area contributed by atoms with Crippen molar-refractivity contribution in [3.8, 4) is 47.7 Å². The Labute approximate surface area is 395 Å². The molecule has 2 unspecified atom stereocenters. The fourth-order valence-corrected chi connectivity index (χ4v) is 8.38. The van der Waals surface area contributed by atoms with Gasteiger partial charge in [-0.05, 0) is 70.4 Å². The van der Waals surface area contributed by atoms with Crippen molar-refractivity contribution in [2.75, 3.05) is 13.2 Å². The van der Waals surface area contributed by atoms with E-state index in [2.05, 4.69) is 23.6 Å². The summed E-state index contributed by atoms with van der Waals surface area (Å²) in [6.45, 7) is 17.4. The Bertz CT molecular complexity index is 2840. The van der Waals surface area contributed by atoms with Crippen LogP contribution < -0.4 is 26.2 Å². The number of carbonyl (C=O) groups excluding carboxylic acids is 2. The topological polar surface area (TPSA) is 263 Å². The summed E-state index contributed by atoms with van der Waals surface area (Å²) in [7, 11) is 0. The first-order valence-electron chi connectivity index (χ1n) is 21.9. The van der Waals surface area contributed by atoms with Crippen LogP contribution in [0.1, 0.15) is 76.6 Å². The van der Waals surface area contributed by atoms with Gasteiger partial charge in [-0.25, -0.2) is 19.2 Å². The lowest BCUT2D eigenvalue weighted by molar-refractivity contribution is -0.255. The van der Waals surface area contributed by atoms with Crippen LogP contribution in [0.4, 0.5) is 9.59 Å². The Kier molecular flexibility index (Phi) is 16.2. The van der Waals surface area contributed by atoms with E-state index < -0.39 is 66.6 Å². The van der Waals surface area contributed by atoms with E-state index in [1.54, 1.807) is 39.8 Å². The van der Waals surface area contributed by atoms with Gasteiger partial charge >= 0.3 is 23.5 Å². The molecule has 0 saturated carbocycles. The van der Waals surface area contributed by atoms with Gasteiger partial charge in [0.15, 0.2) is 18.8 Å². The number of terminal acetylenes is 2. The van der Waals surface area contributed by atoms with Crippen molar-refractivity contribution in [3.05, 3.63) is 73.9 Å². The Hall–Kier alpha value is -7.23. The third kappa shape index (κ3) is 10.6. The van der Waals surface area contributed by atoms with Gasteiger partial charge < -0.3 is 62.1 Å². The number of carbonyl (C=O) groups is 2. The lowest BCUT2D eigenvalue weighted by Crippen LogP contribution is -2.57. The van der Waals surface area contributed by atoms with E-state index in [-0.39, 0.29) is 81.8 Å². The largest absolute Gasteiger partial charge is 0.509 e. The number of oxime groups is 1. The van der Waals surface area contributed by atoms with Crippen LogP contribution in [0.15, 0.2) is 54.4 Å². The molecule has 5 heterocycles. The normalized spacial score (nSPS) is 25.1. The number of hydrogen-bond acceptors (Lipinski definition) is 19. The van der Waals surface area contributed by atoms with Crippen molar-refractivity contribution in [2.45, 2.75) is 117 Å². The van der Waals surface area contributed by atoms with Crippen LogP contribution in [0.5, 0.6) is 23.0 Å². The van der Waals surface area contributed by atoms with Crippen LogP contribution in [0.3, 0.4) is 0 Å². The van der Waals surface area contributed by atoms with Crippen molar-refractivity contribution in [1.82, 2.24) is 5.48 Å². The zero-order valence-electron chi connectivity index (χ0n) is 39.2. The molecule has 20 nitrogen and oxygen atoms in total. The van der Waals surface area contributed by atoms with E-state index in [0.29, 0.717) is 40.7 Å². The predicted molar refractivity (Wildman–Crippen MR) is 246 cm³/mol. The number of nitrogens with zero attached hydrogens (tertiary/aromatic N) is 1. The number of aliphatic hydroxyl groups excluding tert-OH is 1. The molecule has 2 aromatic heterocycles. The summed E-state index contributed by atoms with van der Waals surface area (Å²) in [6.07, 6.45) is 3.48. The van der Waals surface area contributed by atoms with Gasteiger partial charge in [0.05, 0.1) is 28.7 Å². The number of nitrogens with one attached hydrogen (secondary N) is 1. The summed E-state index contributed by atoms with van der Waals surface area (Å²) < 4.78 is 51.0.